The number of benzene rings is 1. The Labute approximate surface area is 123 Å². The topological polar surface area (TPSA) is 66.8 Å². The van der Waals surface area contributed by atoms with Crippen LogP contribution in [0.4, 0.5) is 4.79 Å². The molecule has 1 fully saturated rings. The lowest BCUT2D eigenvalue weighted by Gasteiger charge is -2.23. The van der Waals surface area contributed by atoms with Crippen molar-refractivity contribution >= 4 is 11.9 Å². The van der Waals surface area contributed by atoms with E-state index in [9.17, 15) is 9.59 Å². The highest BCUT2D eigenvalue weighted by molar-refractivity contribution is 5.99. The zero-order chi connectivity index (χ0) is 14.8. The smallest absolute Gasteiger partial charge is 0.407 e. The average Bonchev–Trinajstić information content (AvgIpc) is 2.94. The normalized spacial score (nSPS) is 21.2. The van der Waals surface area contributed by atoms with Crippen LogP contribution in [0.15, 0.2) is 18.2 Å². The third-order valence-electron chi connectivity index (χ3n) is 4.32. The first-order chi connectivity index (χ1) is 10.2. The van der Waals surface area contributed by atoms with Crippen LogP contribution in [-0.4, -0.2) is 41.1 Å². The lowest BCUT2D eigenvalue weighted by atomic mass is 9.90. The molecule has 1 amide bonds. The van der Waals surface area contributed by atoms with Gasteiger partial charge < -0.3 is 14.7 Å². The van der Waals surface area contributed by atoms with Crippen molar-refractivity contribution in [2.75, 3.05) is 13.2 Å². The SMILES string of the molecule is O=C1CCCc2c(OCC3CCCN3C(=O)O)cccc21. The molecular weight excluding hydrogens is 270 g/mol. The molecule has 1 heterocycles. The number of nitrogens with zero attached hydrogens (tertiary/aromatic N) is 1. The molecule has 0 spiro atoms. The zero-order valence-electron chi connectivity index (χ0n) is 11.9. The summed E-state index contributed by atoms with van der Waals surface area (Å²) in [6.07, 6.45) is 3.14. The molecule has 1 unspecified atom stereocenters. The minimum absolute atomic E-state index is 0.0855. The third-order valence-corrected chi connectivity index (χ3v) is 4.32. The van der Waals surface area contributed by atoms with Crippen molar-refractivity contribution < 1.29 is 19.4 Å². The largest absolute Gasteiger partial charge is 0.491 e. The van der Waals surface area contributed by atoms with E-state index in [0.29, 0.717) is 19.6 Å². The number of ketones is 1. The predicted molar refractivity (Wildman–Crippen MR) is 77.0 cm³/mol. The molecule has 3 rings (SSSR count). The van der Waals surface area contributed by atoms with Crippen LogP contribution in [0.1, 0.15) is 41.6 Å². The summed E-state index contributed by atoms with van der Waals surface area (Å²) in [5, 5.41) is 9.13. The summed E-state index contributed by atoms with van der Waals surface area (Å²) >= 11 is 0. The molecule has 5 heteroatoms. The van der Waals surface area contributed by atoms with Gasteiger partial charge in [-0.3, -0.25) is 4.79 Å². The number of ether oxygens (including phenoxy) is 1. The van der Waals surface area contributed by atoms with E-state index in [0.717, 1.165) is 42.6 Å². The molecule has 1 aliphatic heterocycles. The fraction of sp³-hybridized carbons (Fsp3) is 0.500. The second kappa shape index (κ2) is 5.76. The van der Waals surface area contributed by atoms with Crippen LogP contribution in [-0.2, 0) is 6.42 Å². The van der Waals surface area contributed by atoms with E-state index in [2.05, 4.69) is 0 Å². The molecule has 0 saturated carbocycles. The molecule has 0 aromatic heterocycles. The summed E-state index contributed by atoms with van der Waals surface area (Å²) in [5.41, 5.74) is 1.74. The molecule has 0 radical (unpaired) electrons. The fourth-order valence-corrected chi connectivity index (χ4v) is 3.23. The van der Waals surface area contributed by atoms with Gasteiger partial charge in [-0.2, -0.15) is 0 Å². The molecule has 2 aliphatic rings. The molecular formula is C16H19NO4. The van der Waals surface area contributed by atoms with Crippen molar-refractivity contribution in [1.82, 2.24) is 4.90 Å². The van der Waals surface area contributed by atoms with Crippen molar-refractivity contribution in [3.8, 4) is 5.75 Å². The van der Waals surface area contributed by atoms with Gasteiger partial charge in [-0.15, -0.1) is 0 Å². The third kappa shape index (κ3) is 2.73. The number of fused-ring (bicyclic) bond motifs is 1. The summed E-state index contributed by atoms with van der Waals surface area (Å²) in [7, 11) is 0. The Morgan fingerprint density at radius 3 is 3.00 bits per heavy atom. The van der Waals surface area contributed by atoms with Gasteiger partial charge in [0.1, 0.15) is 12.4 Å². The molecule has 21 heavy (non-hydrogen) atoms. The minimum Gasteiger partial charge on any atom is -0.491 e. The predicted octanol–water partition coefficient (Wildman–Crippen LogP) is 2.73. The molecule has 1 saturated heterocycles. The molecule has 5 nitrogen and oxygen atoms in total. The van der Waals surface area contributed by atoms with Crippen molar-refractivity contribution in [1.29, 1.82) is 0 Å². The highest BCUT2D eigenvalue weighted by Gasteiger charge is 2.29. The number of carboxylic acid groups (broad SMARTS) is 1. The van der Waals surface area contributed by atoms with Gasteiger partial charge in [-0.25, -0.2) is 4.79 Å². The number of carbonyl (C=O) groups is 2. The highest BCUT2D eigenvalue weighted by Crippen LogP contribution is 2.30. The number of Topliss-reactive ketones (excluding diaryl/α,β-unsaturated/α-hetero) is 1. The van der Waals surface area contributed by atoms with Crippen LogP contribution >= 0.6 is 0 Å². The minimum atomic E-state index is -0.883. The molecule has 1 aliphatic carbocycles. The lowest BCUT2D eigenvalue weighted by molar-refractivity contribution is 0.0971. The van der Waals surface area contributed by atoms with E-state index in [4.69, 9.17) is 9.84 Å². The second-order valence-electron chi connectivity index (χ2n) is 5.64. The summed E-state index contributed by atoms with van der Waals surface area (Å²) < 4.78 is 5.86. The number of rotatable bonds is 3. The Balaban J connectivity index is 1.73. The Kier molecular flexibility index (Phi) is 3.82. The summed E-state index contributed by atoms with van der Waals surface area (Å²) in [5.74, 6) is 0.910. The average molecular weight is 289 g/mol. The van der Waals surface area contributed by atoms with Gasteiger partial charge in [0.05, 0.1) is 6.04 Å². The zero-order valence-corrected chi connectivity index (χ0v) is 11.9. The van der Waals surface area contributed by atoms with Crippen LogP contribution in [0.3, 0.4) is 0 Å². The first-order valence-corrected chi connectivity index (χ1v) is 7.44. The standard InChI is InChI=1S/C16H19NO4/c18-14-7-1-6-13-12(14)5-2-8-15(13)21-10-11-4-3-9-17(11)16(19)20/h2,5,8,11H,1,3-4,6-7,9-10H2,(H,19,20). The fourth-order valence-electron chi connectivity index (χ4n) is 3.23. The van der Waals surface area contributed by atoms with E-state index >= 15 is 0 Å². The summed E-state index contributed by atoms with van der Waals surface area (Å²) in [6.45, 7) is 0.936. The van der Waals surface area contributed by atoms with Gasteiger partial charge in [-0.1, -0.05) is 12.1 Å². The van der Waals surface area contributed by atoms with Crippen LogP contribution in [0.5, 0.6) is 5.75 Å². The van der Waals surface area contributed by atoms with Crippen molar-refractivity contribution in [2.24, 2.45) is 0 Å². The molecule has 1 aromatic rings. The molecule has 112 valence electrons. The van der Waals surface area contributed by atoms with Crippen LogP contribution < -0.4 is 4.74 Å². The molecule has 0 bridgehead atoms. The molecule has 1 N–H and O–H groups in total. The monoisotopic (exact) mass is 289 g/mol. The first kappa shape index (κ1) is 13.9. The van der Waals surface area contributed by atoms with Gasteiger partial charge in [-0.05, 0) is 31.7 Å². The van der Waals surface area contributed by atoms with Crippen LogP contribution in [0, 0.1) is 0 Å². The maximum Gasteiger partial charge on any atom is 0.407 e. The first-order valence-electron chi connectivity index (χ1n) is 7.44. The Hall–Kier alpha value is -2.04. The van der Waals surface area contributed by atoms with Gasteiger partial charge in [0, 0.05) is 24.1 Å². The summed E-state index contributed by atoms with van der Waals surface area (Å²) in [6, 6.07) is 5.47. The second-order valence-corrected chi connectivity index (χ2v) is 5.64. The van der Waals surface area contributed by atoms with E-state index in [-0.39, 0.29) is 11.8 Å². The van der Waals surface area contributed by atoms with Gasteiger partial charge in [0.15, 0.2) is 5.78 Å². The quantitative estimate of drug-likeness (QED) is 0.929. The number of hydrogen-bond donors (Lipinski definition) is 1. The van der Waals surface area contributed by atoms with Crippen molar-refractivity contribution in [3.05, 3.63) is 29.3 Å². The van der Waals surface area contributed by atoms with Gasteiger partial charge in [0.25, 0.3) is 0 Å². The highest BCUT2D eigenvalue weighted by atomic mass is 16.5. The maximum absolute atomic E-state index is 11.9. The number of carbonyl (C=O) groups excluding carboxylic acids is 1. The number of likely N-dealkylation sites (tertiary alicyclic amines) is 1. The van der Waals surface area contributed by atoms with Gasteiger partial charge >= 0.3 is 6.09 Å². The van der Waals surface area contributed by atoms with E-state index < -0.39 is 6.09 Å². The van der Waals surface area contributed by atoms with Crippen molar-refractivity contribution in [3.63, 3.8) is 0 Å². The van der Waals surface area contributed by atoms with E-state index in [1.807, 2.05) is 18.2 Å². The van der Waals surface area contributed by atoms with Crippen molar-refractivity contribution in [2.45, 2.75) is 38.1 Å². The molecule has 1 aromatic carbocycles. The maximum atomic E-state index is 11.9. The molecule has 1 atom stereocenters. The van der Waals surface area contributed by atoms with Gasteiger partial charge in [0.2, 0.25) is 0 Å². The van der Waals surface area contributed by atoms with E-state index in [1.165, 1.54) is 4.90 Å². The summed E-state index contributed by atoms with van der Waals surface area (Å²) in [4.78, 5) is 24.5. The number of amides is 1. The Morgan fingerprint density at radius 1 is 1.33 bits per heavy atom. The number of hydrogen-bond acceptors (Lipinski definition) is 3. The van der Waals surface area contributed by atoms with Crippen LogP contribution in [0.2, 0.25) is 0 Å². The Bertz CT molecular complexity index is 569. The van der Waals surface area contributed by atoms with Crippen LogP contribution in [0.25, 0.3) is 0 Å². The lowest BCUT2D eigenvalue weighted by Crippen LogP contribution is -2.38. The Morgan fingerprint density at radius 2 is 2.19 bits per heavy atom. The van der Waals surface area contributed by atoms with E-state index in [1.54, 1.807) is 0 Å².